The summed E-state index contributed by atoms with van der Waals surface area (Å²) in [5, 5.41) is 14.0. The molecule has 0 fully saturated rings. The van der Waals surface area contributed by atoms with Crippen molar-refractivity contribution in [2.75, 3.05) is 11.9 Å². The number of carbonyl (C=O) groups is 1. The van der Waals surface area contributed by atoms with Crippen molar-refractivity contribution in [3.63, 3.8) is 0 Å². The van der Waals surface area contributed by atoms with Crippen LogP contribution in [0.3, 0.4) is 0 Å². The zero-order valence-corrected chi connectivity index (χ0v) is 11.0. The van der Waals surface area contributed by atoms with Crippen molar-refractivity contribution in [3.05, 3.63) is 24.3 Å². The van der Waals surface area contributed by atoms with E-state index < -0.39 is 22.0 Å². The topological polar surface area (TPSA) is 101 Å². The molecule has 1 atom stereocenters. The van der Waals surface area contributed by atoms with Gasteiger partial charge in [-0.25, -0.2) is 18.4 Å². The van der Waals surface area contributed by atoms with Crippen LogP contribution in [0.15, 0.2) is 29.2 Å². The van der Waals surface area contributed by atoms with Crippen LogP contribution < -0.4 is 10.0 Å². The van der Waals surface area contributed by atoms with Gasteiger partial charge >= 0.3 is 5.97 Å². The summed E-state index contributed by atoms with van der Waals surface area (Å²) in [6, 6.07) is 5.13. The third kappa shape index (κ3) is 3.21. The van der Waals surface area contributed by atoms with Gasteiger partial charge in [0.25, 0.3) is 0 Å². The maximum absolute atomic E-state index is 11.1. The third-order valence-electron chi connectivity index (χ3n) is 2.71. The van der Waals surface area contributed by atoms with Crippen molar-refractivity contribution in [3.8, 4) is 0 Å². The molecule has 0 aliphatic carbocycles. The molecule has 0 saturated carbocycles. The number of nitrogens with two attached hydrogens (primary N) is 1. The molecule has 0 spiro atoms. The van der Waals surface area contributed by atoms with Gasteiger partial charge in [-0.3, -0.25) is 0 Å². The number of benzene rings is 1. The average molecular weight is 272 g/mol. The minimum Gasteiger partial charge on any atom is -0.480 e. The fourth-order valence-electron chi connectivity index (χ4n) is 1.67. The molecule has 0 radical (unpaired) electrons. The predicted molar refractivity (Wildman–Crippen MR) is 67.9 cm³/mol. The van der Waals surface area contributed by atoms with Gasteiger partial charge in [-0.05, 0) is 30.7 Å². The molecule has 1 aromatic carbocycles. The van der Waals surface area contributed by atoms with Crippen molar-refractivity contribution in [1.29, 1.82) is 0 Å². The van der Waals surface area contributed by atoms with Crippen molar-refractivity contribution in [2.24, 2.45) is 5.14 Å². The van der Waals surface area contributed by atoms with Crippen molar-refractivity contribution >= 4 is 21.7 Å². The highest BCUT2D eigenvalue weighted by molar-refractivity contribution is 7.89. The van der Waals surface area contributed by atoms with Gasteiger partial charge in [0.05, 0.1) is 4.90 Å². The lowest BCUT2D eigenvalue weighted by Gasteiger charge is -2.25. The standard InChI is InChI=1S/C11H16N2O4S/c1-3-10(11(14)15)13(2)8-4-6-9(7-5-8)18(12,16)17/h4-7,10H,3H2,1-2H3,(H,14,15)(H2,12,16,17). The molecule has 18 heavy (non-hydrogen) atoms. The van der Waals surface area contributed by atoms with Crippen LogP contribution in [0, 0.1) is 0 Å². The average Bonchev–Trinajstić information content (AvgIpc) is 2.28. The number of carboxylic acid groups (broad SMARTS) is 1. The third-order valence-corrected chi connectivity index (χ3v) is 3.64. The minimum atomic E-state index is -3.72. The Hall–Kier alpha value is -1.60. The molecule has 3 N–H and O–H groups in total. The second kappa shape index (κ2) is 5.36. The first-order valence-electron chi connectivity index (χ1n) is 5.36. The SMILES string of the molecule is CCC(C(=O)O)N(C)c1ccc(S(N)(=O)=O)cc1. The van der Waals surface area contributed by atoms with Gasteiger partial charge in [0.2, 0.25) is 10.0 Å². The molecular formula is C11H16N2O4S. The molecule has 7 heteroatoms. The molecule has 0 heterocycles. The first-order valence-corrected chi connectivity index (χ1v) is 6.90. The maximum atomic E-state index is 11.1. The minimum absolute atomic E-state index is 0.00280. The first kappa shape index (κ1) is 14.5. The normalized spacial score (nSPS) is 13.1. The smallest absolute Gasteiger partial charge is 0.326 e. The molecule has 1 unspecified atom stereocenters. The lowest BCUT2D eigenvalue weighted by Crippen LogP contribution is -2.37. The van der Waals surface area contributed by atoms with Crippen LogP contribution in [0.25, 0.3) is 0 Å². The molecule has 0 aliphatic heterocycles. The summed E-state index contributed by atoms with van der Waals surface area (Å²) in [5.74, 6) is -0.921. The number of anilines is 1. The van der Waals surface area contributed by atoms with Crippen molar-refractivity contribution < 1.29 is 18.3 Å². The van der Waals surface area contributed by atoms with Crippen LogP contribution in [-0.4, -0.2) is 32.6 Å². The van der Waals surface area contributed by atoms with E-state index in [1.165, 1.54) is 24.3 Å². The Morgan fingerprint density at radius 2 is 1.89 bits per heavy atom. The summed E-state index contributed by atoms with van der Waals surface area (Å²) >= 11 is 0. The van der Waals surface area contributed by atoms with E-state index in [1.807, 2.05) is 0 Å². The largest absolute Gasteiger partial charge is 0.480 e. The number of sulfonamides is 1. The van der Waals surface area contributed by atoms with Gasteiger partial charge in [0.15, 0.2) is 0 Å². The van der Waals surface area contributed by atoms with Crippen LogP contribution in [0.2, 0.25) is 0 Å². The first-order chi connectivity index (χ1) is 8.27. The molecule has 0 aromatic heterocycles. The van der Waals surface area contributed by atoms with Gasteiger partial charge in [-0.1, -0.05) is 6.92 Å². The van der Waals surface area contributed by atoms with Crippen LogP contribution in [0.1, 0.15) is 13.3 Å². The highest BCUT2D eigenvalue weighted by Crippen LogP contribution is 2.19. The molecule has 1 aromatic rings. The Labute approximate surface area is 106 Å². The summed E-state index contributed by atoms with van der Waals surface area (Å²) in [6.07, 6.45) is 0.447. The van der Waals surface area contributed by atoms with E-state index in [0.29, 0.717) is 12.1 Å². The number of likely N-dealkylation sites (N-methyl/N-ethyl adjacent to an activating group) is 1. The summed E-state index contributed by atoms with van der Waals surface area (Å²) in [7, 11) is -2.08. The zero-order valence-electron chi connectivity index (χ0n) is 10.2. The Kier molecular flexibility index (Phi) is 4.31. The highest BCUT2D eigenvalue weighted by Gasteiger charge is 2.21. The zero-order chi connectivity index (χ0) is 13.9. The van der Waals surface area contributed by atoms with Gasteiger partial charge in [0.1, 0.15) is 6.04 Å². The van der Waals surface area contributed by atoms with E-state index in [2.05, 4.69) is 0 Å². The number of hydrogen-bond acceptors (Lipinski definition) is 4. The van der Waals surface area contributed by atoms with Gasteiger partial charge in [0, 0.05) is 12.7 Å². The van der Waals surface area contributed by atoms with Crippen molar-refractivity contribution in [2.45, 2.75) is 24.3 Å². The lowest BCUT2D eigenvalue weighted by molar-refractivity contribution is -0.138. The van der Waals surface area contributed by atoms with E-state index >= 15 is 0 Å². The molecule has 1 rings (SSSR count). The second-order valence-electron chi connectivity index (χ2n) is 3.91. The Balaban J connectivity index is 3.02. The van der Waals surface area contributed by atoms with Crippen LogP contribution >= 0.6 is 0 Å². The Bertz CT molecular complexity index is 524. The molecule has 0 amide bonds. The number of nitrogens with zero attached hydrogens (tertiary/aromatic N) is 1. The van der Waals surface area contributed by atoms with E-state index in [0.717, 1.165) is 0 Å². The summed E-state index contributed by atoms with van der Waals surface area (Å²) in [6.45, 7) is 1.77. The fraction of sp³-hybridized carbons (Fsp3) is 0.364. The van der Waals surface area contributed by atoms with E-state index in [9.17, 15) is 13.2 Å². The molecule has 0 aliphatic rings. The predicted octanol–water partition coefficient (Wildman–Crippen LogP) is 0.633. The Morgan fingerprint density at radius 1 is 1.39 bits per heavy atom. The number of hydrogen-bond donors (Lipinski definition) is 2. The van der Waals surface area contributed by atoms with E-state index in [1.54, 1.807) is 18.9 Å². The highest BCUT2D eigenvalue weighted by atomic mass is 32.2. The molecule has 100 valence electrons. The summed E-state index contributed by atoms with van der Waals surface area (Å²) in [4.78, 5) is 12.6. The molecule has 0 saturated heterocycles. The second-order valence-corrected chi connectivity index (χ2v) is 5.47. The van der Waals surface area contributed by atoms with Gasteiger partial charge in [-0.2, -0.15) is 0 Å². The summed E-state index contributed by atoms with van der Waals surface area (Å²) < 4.78 is 22.2. The van der Waals surface area contributed by atoms with Crippen LogP contribution in [0.4, 0.5) is 5.69 Å². The van der Waals surface area contributed by atoms with E-state index in [4.69, 9.17) is 10.2 Å². The number of aliphatic carboxylic acids is 1. The molecule has 6 nitrogen and oxygen atoms in total. The Morgan fingerprint density at radius 3 is 2.22 bits per heavy atom. The molecular weight excluding hydrogens is 256 g/mol. The number of carboxylic acids is 1. The maximum Gasteiger partial charge on any atom is 0.326 e. The molecule has 0 bridgehead atoms. The van der Waals surface area contributed by atoms with Crippen molar-refractivity contribution in [1.82, 2.24) is 0 Å². The number of primary sulfonamides is 1. The number of rotatable bonds is 5. The van der Waals surface area contributed by atoms with Crippen LogP contribution in [0.5, 0.6) is 0 Å². The van der Waals surface area contributed by atoms with Gasteiger partial charge < -0.3 is 10.0 Å². The monoisotopic (exact) mass is 272 g/mol. The fourth-order valence-corrected chi connectivity index (χ4v) is 2.18. The van der Waals surface area contributed by atoms with Gasteiger partial charge in [-0.15, -0.1) is 0 Å². The van der Waals surface area contributed by atoms with Crippen LogP contribution in [-0.2, 0) is 14.8 Å². The summed E-state index contributed by atoms with van der Waals surface area (Å²) in [5.41, 5.74) is 0.622. The van der Waals surface area contributed by atoms with E-state index in [-0.39, 0.29) is 4.90 Å². The quantitative estimate of drug-likeness (QED) is 0.819. The lowest BCUT2D eigenvalue weighted by atomic mass is 10.2.